The molecule has 3 nitrogen and oxygen atoms in total. The van der Waals surface area contributed by atoms with E-state index in [1.807, 2.05) is 60.7 Å². The van der Waals surface area contributed by atoms with Crippen molar-refractivity contribution in [2.24, 2.45) is 0 Å². The fraction of sp³-hybridized carbons (Fsp3) is 0.400. The average molecular weight is 311 g/mol. The van der Waals surface area contributed by atoms with E-state index < -0.39 is 0 Å². The number of nitrogens with zero attached hydrogens (tertiary/aromatic N) is 1. The predicted molar refractivity (Wildman–Crippen MR) is 92.6 cm³/mol. The second-order valence-electron chi connectivity index (χ2n) is 6.19. The second-order valence-corrected chi connectivity index (χ2v) is 6.19. The summed E-state index contributed by atoms with van der Waals surface area (Å²) in [6, 6.07) is 20.0. The molecule has 1 saturated heterocycles. The first-order valence-electron chi connectivity index (χ1n) is 8.48. The van der Waals surface area contributed by atoms with Crippen molar-refractivity contribution < 1.29 is 9.84 Å². The van der Waals surface area contributed by atoms with Crippen molar-refractivity contribution in [3.05, 3.63) is 66.2 Å². The van der Waals surface area contributed by atoms with Gasteiger partial charge in [-0.2, -0.15) is 0 Å². The second kappa shape index (κ2) is 8.14. The molecule has 1 atom stereocenters. The predicted octanol–water partition coefficient (Wildman–Crippen LogP) is 3.65. The van der Waals surface area contributed by atoms with E-state index in [9.17, 15) is 5.11 Å². The number of hydrogen-bond donors (Lipinski definition) is 1. The van der Waals surface area contributed by atoms with Crippen LogP contribution in [0.15, 0.2) is 60.7 Å². The molecule has 0 aromatic heterocycles. The molecule has 0 amide bonds. The molecule has 0 bridgehead atoms. The molecule has 1 aliphatic heterocycles. The van der Waals surface area contributed by atoms with Crippen molar-refractivity contribution in [2.45, 2.75) is 31.5 Å². The van der Waals surface area contributed by atoms with Crippen LogP contribution in [0.5, 0.6) is 5.75 Å². The van der Waals surface area contributed by atoms with Gasteiger partial charge in [-0.05, 0) is 37.0 Å². The summed E-state index contributed by atoms with van der Waals surface area (Å²) in [5, 5.41) is 10.2. The van der Waals surface area contributed by atoms with Gasteiger partial charge in [-0.25, -0.2) is 0 Å². The van der Waals surface area contributed by atoms with Gasteiger partial charge >= 0.3 is 0 Å². The van der Waals surface area contributed by atoms with Crippen LogP contribution >= 0.6 is 0 Å². The van der Waals surface area contributed by atoms with Gasteiger partial charge in [0.05, 0.1) is 6.10 Å². The van der Waals surface area contributed by atoms with Crippen LogP contribution < -0.4 is 4.74 Å². The lowest BCUT2D eigenvalue weighted by molar-refractivity contribution is 0.0848. The fourth-order valence-corrected chi connectivity index (χ4v) is 3.09. The van der Waals surface area contributed by atoms with Crippen LogP contribution in [0.3, 0.4) is 0 Å². The molecule has 1 aliphatic rings. The van der Waals surface area contributed by atoms with Crippen molar-refractivity contribution in [1.29, 1.82) is 0 Å². The lowest BCUT2D eigenvalue weighted by Gasteiger charge is -2.32. The molecule has 1 N–H and O–H groups in total. The van der Waals surface area contributed by atoms with Gasteiger partial charge in [0, 0.05) is 19.6 Å². The zero-order chi connectivity index (χ0) is 15.9. The monoisotopic (exact) mass is 311 g/mol. The van der Waals surface area contributed by atoms with Gasteiger partial charge < -0.3 is 14.7 Å². The summed E-state index contributed by atoms with van der Waals surface area (Å²) in [6.45, 7) is 3.02. The van der Waals surface area contributed by atoms with Gasteiger partial charge in [0.25, 0.3) is 0 Å². The quantitative estimate of drug-likeness (QED) is 0.884. The summed E-state index contributed by atoms with van der Waals surface area (Å²) in [4.78, 5) is 2.43. The molecule has 0 spiro atoms. The Morgan fingerprint density at radius 3 is 2.22 bits per heavy atom. The first kappa shape index (κ1) is 16.0. The number of aliphatic hydroxyl groups is 1. The van der Waals surface area contributed by atoms with Gasteiger partial charge in [0.1, 0.15) is 11.9 Å². The zero-order valence-electron chi connectivity index (χ0n) is 13.5. The maximum atomic E-state index is 10.2. The molecule has 122 valence electrons. The molecule has 0 saturated carbocycles. The summed E-state index contributed by atoms with van der Waals surface area (Å²) in [5.41, 5.74) is 1.01. The van der Waals surface area contributed by atoms with Crippen LogP contribution in [-0.2, 0) is 0 Å². The number of ether oxygens (including phenoxy) is 1. The van der Waals surface area contributed by atoms with E-state index in [4.69, 9.17) is 4.74 Å². The fourth-order valence-electron chi connectivity index (χ4n) is 3.09. The maximum absolute atomic E-state index is 10.2. The SMILES string of the molecule is O[C@@H](CCN1CCC(Oc2ccccc2)CC1)c1ccccc1. The van der Waals surface area contributed by atoms with Gasteiger partial charge in [-0.1, -0.05) is 48.5 Å². The van der Waals surface area contributed by atoms with E-state index in [-0.39, 0.29) is 6.10 Å². The van der Waals surface area contributed by atoms with E-state index in [1.165, 1.54) is 0 Å². The van der Waals surface area contributed by atoms with Crippen molar-refractivity contribution in [3.63, 3.8) is 0 Å². The topological polar surface area (TPSA) is 32.7 Å². The molecule has 2 aromatic rings. The number of para-hydroxylation sites is 1. The van der Waals surface area contributed by atoms with Gasteiger partial charge in [0.2, 0.25) is 0 Å². The Labute approximate surface area is 138 Å². The van der Waals surface area contributed by atoms with Crippen LogP contribution in [0.4, 0.5) is 0 Å². The van der Waals surface area contributed by atoms with Crippen LogP contribution in [-0.4, -0.2) is 35.7 Å². The van der Waals surface area contributed by atoms with Crippen molar-refractivity contribution >= 4 is 0 Å². The number of piperidine rings is 1. The Balaban J connectivity index is 1.39. The van der Waals surface area contributed by atoms with Gasteiger partial charge in [0.15, 0.2) is 0 Å². The minimum Gasteiger partial charge on any atom is -0.490 e. The lowest BCUT2D eigenvalue weighted by atomic mass is 10.0. The third-order valence-corrected chi connectivity index (χ3v) is 4.48. The van der Waals surface area contributed by atoms with Gasteiger partial charge in [-0.3, -0.25) is 0 Å². The number of benzene rings is 2. The number of rotatable bonds is 6. The Morgan fingerprint density at radius 1 is 0.957 bits per heavy atom. The highest BCUT2D eigenvalue weighted by molar-refractivity contribution is 5.21. The summed E-state index contributed by atoms with van der Waals surface area (Å²) in [7, 11) is 0. The van der Waals surface area contributed by atoms with E-state index in [1.54, 1.807) is 0 Å². The number of aliphatic hydroxyl groups excluding tert-OH is 1. The normalized spacial score (nSPS) is 17.8. The Morgan fingerprint density at radius 2 is 1.57 bits per heavy atom. The molecule has 0 aliphatic carbocycles. The molecule has 3 rings (SSSR count). The highest BCUT2D eigenvalue weighted by Crippen LogP contribution is 2.21. The van der Waals surface area contributed by atoms with E-state index in [0.29, 0.717) is 6.10 Å². The standard InChI is InChI=1S/C20H25NO2/c22-20(17-7-3-1-4-8-17)13-16-21-14-11-19(12-15-21)23-18-9-5-2-6-10-18/h1-10,19-20,22H,11-16H2/t20-/m0/s1. The van der Waals surface area contributed by atoms with E-state index in [0.717, 1.165) is 50.2 Å². The van der Waals surface area contributed by atoms with E-state index in [2.05, 4.69) is 4.90 Å². The molecular weight excluding hydrogens is 286 g/mol. The van der Waals surface area contributed by atoms with Crippen LogP contribution in [0.25, 0.3) is 0 Å². The summed E-state index contributed by atoms with van der Waals surface area (Å²) >= 11 is 0. The van der Waals surface area contributed by atoms with Crippen LogP contribution in [0.2, 0.25) is 0 Å². The molecule has 3 heteroatoms. The van der Waals surface area contributed by atoms with Gasteiger partial charge in [-0.15, -0.1) is 0 Å². The Kier molecular flexibility index (Phi) is 5.67. The molecule has 1 fully saturated rings. The van der Waals surface area contributed by atoms with Crippen molar-refractivity contribution in [1.82, 2.24) is 4.90 Å². The molecule has 0 radical (unpaired) electrons. The minimum atomic E-state index is -0.366. The molecule has 1 heterocycles. The Bertz CT molecular complexity index is 565. The van der Waals surface area contributed by atoms with Crippen LogP contribution in [0, 0.1) is 0 Å². The minimum absolute atomic E-state index is 0.313. The maximum Gasteiger partial charge on any atom is 0.119 e. The summed E-state index contributed by atoms with van der Waals surface area (Å²) < 4.78 is 6.02. The van der Waals surface area contributed by atoms with Crippen molar-refractivity contribution in [3.8, 4) is 5.75 Å². The first-order valence-corrected chi connectivity index (χ1v) is 8.48. The molecule has 2 aromatic carbocycles. The van der Waals surface area contributed by atoms with E-state index >= 15 is 0 Å². The molecule has 23 heavy (non-hydrogen) atoms. The molecule has 0 unspecified atom stereocenters. The van der Waals surface area contributed by atoms with Crippen LogP contribution in [0.1, 0.15) is 30.9 Å². The molecular formula is C20H25NO2. The third kappa shape index (κ3) is 4.81. The number of likely N-dealkylation sites (tertiary alicyclic amines) is 1. The largest absolute Gasteiger partial charge is 0.490 e. The summed E-state index contributed by atoms with van der Waals surface area (Å²) in [6.07, 6.45) is 2.84. The lowest BCUT2D eigenvalue weighted by Crippen LogP contribution is -2.39. The third-order valence-electron chi connectivity index (χ3n) is 4.48. The Hall–Kier alpha value is -1.84. The average Bonchev–Trinajstić information content (AvgIpc) is 2.62. The highest BCUT2D eigenvalue weighted by atomic mass is 16.5. The first-order chi connectivity index (χ1) is 11.3. The zero-order valence-corrected chi connectivity index (χ0v) is 13.5. The smallest absolute Gasteiger partial charge is 0.119 e. The summed E-state index contributed by atoms with van der Waals surface area (Å²) in [5.74, 6) is 0.963. The van der Waals surface area contributed by atoms with Crippen molar-refractivity contribution in [2.75, 3.05) is 19.6 Å². The number of hydrogen-bond acceptors (Lipinski definition) is 3. The highest BCUT2D eigenvalue weighted by Gasteiger charge is 2.21.